The molecule has 0 bridgehead atoms. The third-order valence-corrected chi connectivity index (χ3v) is 4.84. The predicted molar refractivity (Wildman–Crippen MR) is 56.4 cm³/mol. The summed E-state index contributed by atoms with van der Waals surface area (Å²) in [5.41, 5.74) is 0. The molecular formula is C8H13ClO6Si. The lowest BCUT2D eigenvalue weighted by Gasteiger charge is -2.27. The molecule has 8 heteroatoms. The van der Waals surface area contributed by atoms with Crippen LogP contribution in [0.25, 0.3) is 0 Å². The molecule has 0 aliphatic rings. The largest absolute Gasteiger partial charge is 0.723 e. The number of rotatable bonds is 4. The molecule has 0 aliphatic heterocycles. The van der Waals surface area contributed by atoms with E-state index in [4.69, 9.17) is 24.9 Å². The van der Waals surface area contributed by atoms with Gasteiger partial charge in [0.1, 0.15) is 5.00 Å². The lowest BCUT2D eigenvalue weighted by molar-refractivity contribution is -0.147. The SMILES string of the molecule is CC(=O)O[Si](OC(C)=O)(OC(C)=O)C(C)Cl. The van der Waals surface area contributed by atoms with Gasteiger partial charge in [0, 0.05) is 20.8 Å². The minimum absolute atomic E-state index is 0.735. The maximum Gasteiger partial charge on any atom is 0.723 e. The average molecular weight is 269 g/mol. The first-order chi connectivity index (χ1) is 7.19. The zero-order valence-corrected chi connectivity index (χ0v) is 11.2. The van der Waals surface area contributed by atoms with Gasteiger partial charge in [-0.15, -0.1) is 11.6 Å². The Labute approximate surface area is 99.2 Å². The quantitative estimate of drug-likeness (QED) is 0.554. The highest BCUT2D eigenvalue weighted by atomic mass is 35.5. The molecule has 0 spiro atoms. The van der Waals surface area contributed by atoms with E-state index in [1.807, 2.05) is 0 Å². The molecule has 0 aromatic carbocycles. The summed E-state index contributed by atoms with van der Waals surface area (Å²) in [7, 11) is -3.85. The number of hydrogen-bond donors (Lipinski definition) is 0. The maximum atomic E-state index is 10.9. The Hall–Kier alpha value is -1.08. The van der Waals surface area contributed by atoms with Crippen LogP contribution in [0.5, 0.6) is 0 Å². The van der Waals surface area contributed by atoms with Crippen molar-refractivity contribution in [3.05, 3.63) is 0 Å². The third kappa shape index (κ3) is 4.62. The first-order valence-corrected chi connectivity index (χ1v) is 6.66. The number of carbonyl (C=O) groups excluding carboxylic acids is 3. The van der Waals surface area contributed by atoms with Gasteiger partial charge in [-0.1, -0.05) is 0 Å². The van der Waals surface area contributed by atoms with E-state index in [0.29, 0.717) is 0 Å². The summed E-state index contributed by atoms with van der Waals surface area (Å²) in [5.74, 6) is -2.20. The van der Waals surface area contributed by atoms with Gasteiger partial charge < -0.3 is 13.3 Å². The molecule has 16 heavy (non-hydrogen) atoms. The third-order valence-electron chi connectivity index (χ3n) is 1.35. The van der Waals surface area contributed by atoms with Crippen molar-refractivity contribution in [2.45, 2.75) is 32.7 Å². The second kappa shape index (κ2) is 5.85. The summed E-state index contributed by atoms with van der Waals surface area (Å²) in [4.78, 5) is 32.7. The van der Waals surface area contributed by atoms with E-state index < -0.39 is 31.7 Å². The van der Waals surface area contributed by atoms with Crippen LogP contribution in [0.15, 0.2) is 0 Å². The number of hydrogen-bond acceptors (Lipinski definition) is 6. The zero-order chi connectivity index (χ0) is 12.9. The van der Waals surface area contributed by atoms with E-state index in [0.717, 1.165) is 20.8 Å². The van der Waals surface area contributed by atoms with Crippen molar-refractivity contribution in [2.24, 2.45) is 0 Å². The van der Waals surface area contributed by atoms with Crippen LogP contribution in [0.4, 0.5) is 0 Å². The summed E-state index contributed by atoms with van der Waals surface area (Å²) in [6.07, 6.45) is 0. The van der Waals surface area contributed by atoms with Gasteiger partial charge >= 0.3 is 8.80 Å². The molecule has 0 N–H and O–H groups in total. The van der Waals surface area contributed by atoms with Gasteiger partial charge in [-0.05, 0) is 6.92 Å². The molecule has 0 rings (SSSR count). The summed E-state index contributed by atoms with van der Waals surface area (Å²) in [6, 6.07) is 0. The lowest BCUT2D eigenvalue weighted by Crippen LogP contribution is -2.56. The molecule has 0 radical (unpaired) electrons. The fourth-order valence-corrected chi connectivity index (χ4v) is 3.12. The van der Waals surface area contributed by atoms with Gasteiger partial charge in [0.25, 0.3) is 17.9 Å². The fourth-order valence-electron chi connectivity index (χ4n) is 0.907. The molecule has 0 heterocycles. The van der Waals surface area contributed by atoms with Crippen molar-refractivity contribution in [3.63, 3.8) is 0 Å². The van der Waals surface area contributed by atoms with Gasteiger partial charge in [-0.25, -0.2) is 0 Å². The number of carbonyl (C=O) groups is 3. The summed E-state index contributed by atoms with van der Waals surface area (Å²) in [6.45, 7) is 4.73. The van der Waals surface area contributed by atoms with Crippen molar-refractivity contribution >= 4 is 38.3 Å². The summed E-state index contributed by atoms with van der Waals surface area (Å²) >= 11 is 5.76. The van der Waals surface area contributed by atoms with Crippen LogP contribution in [-0.2, 0) is 27.7 Å². The van der Waals surface area contributed by atoms with Gasteiger partial charge in [0.2, 0.25) is 0 Å². The minimum atomic E-state index is -3.85. The number of halogens is 1. The van der Waals surface area contributed by atoms with Crippen LogP contribution in [0.1, 0.15) is 27.7 Å². The number of alkyl halides is 1. The first-order valence-electron chi connectivity index (χ1n) is 4.42. The summed E-state index contributed by atoms with van der Waals surface area (Å²) < 4.78 is 14.4. The Kier molecular flexibility index (Phi) is 5.46. The maximum absolute atomic E-state index is 10.9. The minimum Gasteiger partial charge on any atom is -0.454 e. The molecule has 1 atom stereocenters. The van der Waals surface area contributed by atoms with Crippen molar-refractivity contribution in [3.8, 4) is 0 Å². The average Bonchev–Trinajstić information content (AvgIpc) is 1.98. The second-order valence-corrected chi connectivity index (χ2v) is 6.71. The highest BCUT2D eigenvalue weighted by Crippen LogP contribution is 2.20. The molecule has 0 aliphatic carbocycles. The van der Waals surface area contributed by atoms with Crippen LogP contribution in [0.2, 0.25) is 0 Å². The van der Waals surface area contributed by atoms with Crippen LogP contribution < -0.4 is 0 Å². The molecule has 0 aromatic rings. The van der Waals surface area contributed by atoms with Crippen molar-refractivity contribution in [1.29, 1.82) is 0 Å². The smallest absolute Gasteiger partial charge is 0.454 e. The molecule has 0 saturated heterocycles. The van der Waals surface area contributed by atoms with Gasteiger partial charge in [0.15, 0.2) is 0 Å². The van der Waals surface area contributed by atoms with Gasteiger partial charge in [0.05, 0.1) is 0 Å². The van der Waals surface area contributed by atoms with E-state index in [-0.39, 0.29) is 0 Å². The van der Waals surface area contributed by atoms with Crippen molar-refractivity contribution < 1.29 is 27.7 Å². The molecule has 92 valence electrons. The predicted octanol–water partition coefficient (Wildman–Crippen LogP) is 0.781. The highest BCUT2D eigenvalue weighted by molar-refractivity contribution is 6.74. The topological polar surface area (TPSA) is 78.9 Å². The normalized spacial score (nSPS) is 12.6. The van der Waals surface area contributed by atoms with Crippen LogP contribution in [-0.4, -0.2) is 31.7 Å². The molecule has 6 nitrogen and oxygen atoms in total. The molecule has 1 unspecified atom stereocenters. The Morgan fingerprint density at radius 1 is 0.938 bits per heavy atom. The molecular weight excluding hydrogens is 256 g/mol. The van der Waals surface area contributed by atoms with E-state index in [1.54, 1.807) is 0 Å². The molecule has 0 saturated carbocycles. The van der Waals surface area contributed by atoms with E-state index in [2.05, 4.69) is 0 Å². The fraction of sp³-hybridized carbons (Fsp3) is 0.625. The summed E-state index contributed by atoms with van der Waals surface area (Å²) in [5, 5.41) is -0.913. The standard InChI is InChI=1S/C8H13ClO6Si/c1-5(9)16(13-6(2)10,14-7(3)11)15-8(4)12/h5H,1-4H3. The molecule has 0 amide bonds. The Balaban J connectivity index is 5.10. The molecule has 0 fully saturated rings. The van der Waals surface area contributed by atoms with E-state index in [9.17, 15) is 14.4 Å². The van der Waals surface area contributed by atoms with Crippen molar-refractivity contribution in [1.82, 2.24) is 0 Å². The van der Waals surface area contributed by atoms with E-state index >= 15 is 0 Å². The van der Waals surface area contributed by atoms with Crippen LogP contribution >= 0.6 is 11.6 Å². The first kappa shape index (κ1) is 14.9. The monoisotopic (exact) mass is 268 g/mol. The Bertz CT molecular complexity index is 262. The second-order valence-electron chi connectivity index (χ2n) is 3.00. The van der Waals surface area contributed by atoms with Gasteiger partial charge in [-0.2, -0.15) is 0 Å². The Morgan fingerprint density at radius 3 is 1.31 bits per heavy atom. The highest BCUT2D eigenvalue weighted by Gasteiger charge is 2.57. The van der Waals surface area contributed by atoms with E-state index in [1.165, 1.54) is 6.92 Å². The van der Waals surface area contributed by atoms with Crippen LogP contribution in [0.3, 0.4) is 0 Å². The molecule has 0 aromatic heterocycles. The zero-order valence-electron chi connectivity index (χ0n) is 9.40. The van der Waals surface area contributed by atoms with Crippen molar-refractivity contribution in [2.75, 3.05) is 0 Å². The lowest BCUT2D eigenvalue weighted by atomic mass is 10.9. The van der Waals surface area contributed by atoms with Crippen LogP contribution in [0, 0.1) is 0 Å². The Morgan fingerprint density at radius 2 is 1.19 bits per heavy atom. The van der Waals surface area contributed by atoms with Gasteiger partial charge in [-0.3, -0.25) is 14.4 Å².